The molecule has 0 saturated heterocycles. The van der Waals surface area contributed by atoms with Crippen LogP contribution in [0, 0.1) is 3.57 Å². The molecule has 5 aromatic rings. The maximum Gasteiger partial charge on any atom is 0.169 e. The standard InChI is InChI=1S/C22H16IN3/c1-2-14-7-12-20-19(13-14)17-5-3-4-6-18(17)22-25-24-21(26(20)22)15-8-10-16(23)11-9-15/h3-13H,2H2,1H3. The van der Waals surface area contributed by atoms with Gasteiger partial charge in [-0.05, 0) is 64.2 Å². The predicted molar refractivity (Wildman–Crippen MR) is 116 cm³/mol. The number of rotatable bonds is 2. The van der Waals surface area contributed by atoms with Crippen molar-refractivity contribution in [3.8, 4) is 11.4 Å². The zero-order chi connectivity index (χ0) is 17.7. The molecule has 4 heteroatoms. The average Bonchev–Trinajstić information content (AvgIpc) is 3.14. The Labute approximate surface area is 164 Å². The van der Waals surface area contributed by atoms with Gasteiger partial charge in [0.2, 0.25) is 0 Å². The monoisotopic (exact) mass is 449 g/mol. The first-order chi connectivity index (χ1) is 12.8. The van der Waals surface area contributed by atoms with Crippen molar-refractivity contribution in [1.29, 1.82) is 0 Å². The zero-order valence-corrected chi connectivity index (χ0v) is 16.4. The summed E-state index contributed by atoms with van der Waals surface area (Å²) in [6.45, 7) is 2.19. The van der Waals surface area contributed by atoms with E-state index in [1.165, 1.54) is 19.9 Å². The van der Waals surface area contributed by atoms with Crippen molar-refractivity contribution >= 4 is 49.9 Å². The van der Waals surface area contributed by atoms with Gasteiger partial charge in [-0.15, -0.1) is 10.2 Å². The topological polar surface area (TPSA) is 30.2 Å². The third-order valence-corrected chi connectivity index (χ3v) is 5.65. The highest BCUT2D eigenvalue weighted by Crippen LogP contribution is 2.32. The van der Waals surface area contributed by atoms with Crippen LogP contribution in [0.4, 0.5) is 0 Å². The highest BCUT2D eigenvalue weighted by Gasteiger charge is 2.15. The Balaban J connectivity index is 1.97. The van der Waals surface area contributed by atoms with Crippen LogP contribution in [-0.4, -0.2) is 14.6 Å². The predicted octanol–water partition coefficient (Wildman–Crippen LogP) is 5.87. The normalized spacial score (nSPS) is 11.6. The number of hydrogen-bond acceptors (Lipinski definition) is 2. The maximum absolute atomic E-state index is 4.55. The Morgan fingerprint density at radius 2 is 1.62 bits per heavy atom. The van der Waals surface area contributed by atoms with Crippen LogP contribution in [0.25, 0.3) is 38.7 Å². The molecule has 0 atom stereocenters. The molecule has 0 radical (unpaired) electrons. The number of aryl methyl sites for hydroxylation is 1. The molecule has 0 bridgehead atoms. The maximum atomic E-state index is 4.55. The first-order valence-electron chi connectivity index (χ1n) is 8.70. The molecule has 3 aromatic carbocycles. The lowest BCUT2D eigenvalue weighted by molar-refractivity contribution is 1.12. The lowest BCUT2D eigenvalue weighted by atomic mass is 10.0. The van der Waals surface area contributed by atoms with Crippen LogP contribution in [-0.2, 0) is 6.42 Å². The Hall–Kier alpha value is -2.47. The second-order valence-corrected chi connectivity index (χ2v) is 7.69. The summed E-state index contributed by atoms with van der Waals surface area (Å²) in [7, 11) is 0. The first kappa shape index (κ1) is 15.8. The van der Waals surface area contributed by atoms with Gasteiger partial charge in [-0.25, -0.2) is 0 Å². The molecule has 26 heavy (non-hydrogen) atoms. The molecule has 5 rings (SSSR count). The summed E-state index contributed by atoms with van der Waals surface area (Å²) in [6.07, 6.45) is 1.02. The van der Waals surface area contributed by atoms with Gasteiger partial charge >= 0.3 is 0 Å². The fourth-order valence-electron chi connectivity index (χ4n) is 3.60. The third kappa shape index (κ3) is 2.32. The van der Waals surface area contributed by atoms with Crippen LogP contribution in [0.2, 0.25) is 0 Å². The minimum atomic E-state index is 0.886. The molecule has 0 amide bonds. The SMILES string of the molecule is CCc1ccc2c(c1)c1ccccc1c1nnc(-c3ccc(I)cc3)n21. The van der Waals surface area contributed by atoms with Crippen LogP contribution in [0.1, 0.15) is 12.5 Å². The second-order valence-electron chi connectivity index (χ2n) is 6.44. The van der Waals surface area contributed by atoms with Gasteiger partial charge in [0.1, 0.15) is 0 Å². The van der Waals surface area contributed by atoms with Crippen molar-refractivity contribution < 1.29 is 0 Å². The quantitative estimate of drug-likeness (QED) is 0.249. The molecule has 2 aromatic heterocycles. The van der Waals surface area contributed by atoms with Gasteiger partial charge in [-0.1, -0.05) is 49.4 Å². The van der Waals surface area contributed by atoms with Crippen molar-refractivity contribution in [3.63, 3.8) is 0 Å². The summed E-state index contributed by atoms with van der Waals surface area (Å²) in [5.41, 5.74) is 4.47. The Bertz CT molecular complexity index is 1270. The van der Waals surface area contributed by atoms with Crippen molar-refractivity contribution in [2.45, 2.75) is 13.3 Å². The minimum Gasteiger partial charge on any atom is -0.274 e. The summed E-state index contributed by atoms with van der Waals surface area (Å²) in [4.78, 5) is 0. The van der Waals surface area contributed by atoms with E-state index in [0.717, 1.165) is 34.4 Å². The summed E-state index contributed by atoms with van der Waals surface area (Å²) in [6, 6.07) is 23.6. The van der Waals surface area contributed by atoms with Crippen LogP contribution in [0.3, 0.4) is 0 Å². The van der Waals surface area contributed by atoms with Gasteiger partial charge in [0, 0.05) is 19.9 Å². The molecule has 0 spiro atoms. The summed E-state index contributed by atoms with van der Waals surface area (Å²) in [5.74, 6) is 0.886. The van der Waals surface area contributed by atoms with E-state index in [1.54, 1.807) is 0 Å². The van der Waals surface area contributed by atoms with E-state index in [4.69, 9.17) is 0 Å². The number of fused-ring (bicyclic) bond motifs is 6. The molecule has 0 fully saturated rings. The molecule has 2 heterocycles. The van der Waals surface area contributed by atoms with E-state index in [-0.39, 0.29) is 0 Å². The average molecular weight is 449 g/mol. The third-order valence-electron chi connectivity index (χ3n) is 4.93. The summed E-state index contributed by atoms with van der Waals surface area (Å²) in [5, 5.41) is 12.7. The van der Waals surface area contributed by atoms with Crippen molar-refractivity contribution in [1.82, 2.24) is 14.6 Å². The summed E-state index contributed by atoms with van der Waals surface area (Å²) >= 11 is 2.32. The van der Waals surface area contributed by atoms with Crippen molar-refractivity contribution in [2.75, 3.05) is 0 Å². The number of nitrogens with zero attached hydrogens (tertiary/aromatic N) is 3. The smallest absolute Gasteiger partial charge is 0.169 e. The van der Waals surface area contributed by atoms with Gasteiger partial charge in [0.05, 0.1) is 5.52 Å². The number of pyridine rings is 1. The summed E-state index contributed by atoms with van der Waals surface area (Å²) < 4.78 is 3.40. The molecule has 0 aliphatic rings. The van der Waals surface area contributed by atoms with E-state index in [2.05, 4.69) is 111 Å². The molecular weight excluding hydrogens is 433 g/mol. The van der Waals surface area contributed by atoms with E-state index in [9.17, 15) is 0 Å². The highest BCUT2D eigenvalue weighted by atomic mass is 127. The first-order valence-corrected chi connectivity index (χ1v) is 9.78. The molecule has 126 valence electrons. The molecule has 0 unspecified atom stereocenters. The second kappa shape index (κ2) is 6.06. The van der Waals surface area contributed by atoms with E-state index in [0.29, 0.717) is 0 Å². The Morgan fingerprint density at radius 3 is 2.38 bits per heavy atom. The van der Waals surface area contributed by atoms with Gasteiger partial charge in [0.25, 0.3) is 0 Å². The van der Waals surface area contributed by atoms with E-state index < -0.39 is 0 Å². The fourth-order valence-corrected chi connectivity index (χ4v) is 3.96. The van der Waals surface area contributed by atoms with Crippen LogP contribution < -0.4 is 0 Å². The van der Waals surface area contributed by atoms with Gasteiger partial charge in [-0.3, -0.25) is 4.40 Å². The Kier molecular flexibility index (Phi) is 3.67. The molecule has 0 aliphatic heterocycles. The Morgan fingerprint density at radius 1 is 0.846 bits per heavy atom. The van der Waals surface area contributed by atoms with Crippen LogP contribution in [0.5, 0.6) is 0 Å². The molecule has 3 nitrogen and oxygen atoms in total. The number of halogens is 1. The molecule has 0 aliphatic carbocycles. The minimum absolute atomic E-state index is 0.886. The van der Waals surface area contributed by atoms with E-state index in [1.807, 2.05) is 0 Å². The highest BCUT2D eigenvalue weighted by molar-refractivity contribution is 14.1. The lowest BCUT2D eigenvalue weighted by Gasteiger charge is -2.11. The lowest BCUT2D eigenvalue weighted by Crippen LogP contribution is -1.95. The van der Waals surface area contributed by atoms with Crippen molar-refractivity contribution in [3.05, 3.63) is 75.9 Å². The molecule has 0 saturated carbocycles. The van der Waals surface area contributed by atoms with Gasteiger partial charge < -0.3 is 0 Å². The van der Waals surface area contributed by atoms with Crippen LogP contribution >= 0.6 is 22.6 Å². The number of hydrogen-bond donors (Lipinski definition) is 0. The van der Waals surface area contributed by atoms with E-state index >= 15 is 0 Å². The van der Waals surface area contributed by atoms with Crippen LogP contribution in [0.15, 0.2) is 66.7 Å². The molecule has 0 N–H and O–H groups in total. The molecular formula is C22H16IN3. The van der Waals surface area contributed by atoms with Gasteiger partial charge in [-0.2, -0.15) is 0 Å². The largest absolute Gasteiger partial charge is 0.274 e. The fraction of sp³-hybridized carbons (Fsp3) is 0.0909. The number of aromatic nitrogens is 3. The number of benzene rings is 3. The van der Waals surface area contributed by atoms with Gasteiger partial charge in [0.15, 0.2) is 11.5 Å². The van der Waals surface area contributed by atoms with Crippen molar-refractivity contribution in [2.24, 2.45) is 0 Å². The zero-order valence-electron chi connectivity index (χ0n) is 14.3.